The van der Waals surface area contributed by atoms with E-state index >= 15 is 0 Å². The van der Waals surface area contributed by atoms with Crippen molar-refractivity contribution in [2.75, 3.05) is 6.54 Å². The van der Waals surface area contributed by atoms with Crippen LogP contribution in [0.4, 0.5) is 4.79 Å². The fraction of sp³-hybridized carbons (Fsp3) is 0.857. The van der Waals surface area contributed by atoms with Crippen molar-refractivity contribution in [3.63, 3.8) is 0 Å². The van der Waals surface area contributed by atoms with Crippen molar-refractivity contribution in [2.24, 2.45) is 11.8 Å². The van der Waals surface area contributed by atoms with Gasteiger partial charge in [-0.05, 0) is 50.9 Å². The van der Waals surface area contributed by atoms with Crippen LogP contribution < -0.4 is 5.32 Å². The van der Waals surface area contributed by atoms with E-state index in [1.54, 1.807) is 6.92 Å². The van der Waals surface area contributed by atoms with Gasteiger partial charge in [0.1, 0.15) is 5.54 Å². The SMILES string of the molecule is CC1(C(=O)O)CCCN1C(=O)NC1CC2CCC1C2. The second-order valence-corrected chi connectivity index (χ2v) is 6.57. The van der Waals surface area contributed by atoms with Gasteiger partial charge in [-0.3, -0.25) is 0 Å². The number of nitrogens with zero attached hydrogens (tertiary/aromatic N) is 1. The molecule has 19 heavy (non-hydrogen) atoms. The monoisotopic (exact) mass is 266 g/mol. The molecule has 3 fully saturated rings. The Bertz CT molecular complexity index is 411. The van der Waals surface area contributed by atoms with Gasteiger partial charge in [0.15, 0.2) is 0 Å². The quantitative estimate of drug-likeness (QED) is 0.801. The van der Waals surface area contributed by atoms with E-state index in [1.165, 1.54) is 24.2 Å². The van der Waals surface area contributed by atoms with Crippen molar-refractivity contribution < 1.29 is 14.7 Å². The first-order valence-corrected chi connectivity index (χ1v) is 7.32. The number of carboxylic acids is 1. The fourth-order valence-corrected chi connectivity index (χ4v) is 4.17. The summed E-state index contributed by atoms with van der Waals surface area (Å²) < 4.78 is 0. The molecule has 5 nitrogen and oxygen atoms in total. The molecule has 1 saturated heterocycles. The van der Waals surface area contributed by atoms with Crippen LogP contribution in [-0.2, 0) is 4.79 Å². The molecule has 106 valence electrons. The zero-order valence-electron chi connectivity index (χ0n) is 11.4. The highest BCUT2D eigenvalue weighted by Gasteiger charge is 2.47. The van der Waals surface area contributed by atoms with Gasteiger partial charge < -0.3 is 15.3 Å². The lowest BCUT2D eigenvalue weighted by Gasteiger charge is -2.33. The molecule has 2 amide bonds. The lowest BCUT2D eigenvalue weighted by molar-refractivity contribution is -0.147. The molecule has 4 unspecified atom stereocenters. The average Bonchev–Trinajstić information content (AvgIpc) is 3.03. The Balaban J connectivity index is 1.65. The predicted octanol–water partition coefficient (Wildman–Crippen LogP) is 1.82. The second kappa shape index (κ2) is 4.39. The smallest absolute Gasteiger partial charge is 0.329 e. The number of amides is 2. The van der Waals surface area contributed by atoms with Gasteiger partial charge in [-0.25, -0.2) is 9.59 Å². The summed E-state index contributed by atoms with van der Waals surface area (Å²) in [5.74, 6) is 0.500. The first kappa shape index (κ1) is 12.8. The van der Waals surface area contributed by atoms with Gasteiger partial charge >= 0.3 is 12.0 Å². The number of aliphatic carboxylic acids is 1. The number of fused-ring (bicyclic) bond motifs is 2. The Hall–Kier alpha value is -1.26. The molecular formula is C14H22N2O3. The van der Waals surface area contributed by atoms with Crippen LogP contribution in [0.1, 0.15) is 45.4 Å². The van der Waals surface area contributed by atoms with Crippen LogP contribution in [-0.4, -0.2) is 40.1 Å². The Kier molecular flexibility index (Phi) is 2.95. The van der Waals surface area contributed by atoms with Crippen LogP contribution in [0.15, 0.2) is 0 Å². The average molecular weight is 266 g/mol. The van der Waals surface area contributed by atoms with Gasteiger partial charge in [0.2, 0.25) is 0 Å². The fourth-order valence-electron chi connectivity index (χ4n) is 4.17. The molecule has 4 atom stereocenters. The van der Waals surface area contributed by atoms with Crippen LogP contribution in [0.3, 0.4) is 0 Å². The maximum atomic E-state index is 12.3. The minimum absolute atomic E-state index is 0.181. The molecule has 2 aliphatic carbocycles. The zero-order chi connectivity index (χ0) is 13.6. The van der Waals surface area contributed by atoms with E-state index in [2.05, 4.69) is 5.32 Å². The highest BCUT2D eigenvalue weighted by atomic mass is 16.4. The molecule has 1 heterocycles. The maximum Gasteiger partial charge on any atom is 0.329 e. The van der Waals surface area contributed by atoms with Crippen molar-refractivity contribution in [1.82, 2.24) is 10.2 Å². The molecule has 0 aromatic carbocycles. The van der Waals surface area contributed by atoms with Gasteiger partial charge in [-0.15, -0.1) is 0 Å². The number of urea groups is 1. The van der Waals surface area contributed by atoms with Crippen LogP contribution in [0.2, 0.25) is 0 Å². The van der Waals surface area contributed by atoms with E-state index in [9.17, 15) is 14.7 Å². The standard InChI is InChI=1S/C14H22N2O3/c1-14(12(17)18)5-2-6-16(14)13(19)15-11-8-9-3-4-10(11)7-9/h9-11H,2-8H2,1H3,(H,15,19)(H,17,18). The second-order valence-electron chi connectivity index (χ2n) is 6.57. The lowest BCUT2D eigenvalue weighted by atomic mass is 9.95. The Morgan fingerprint density at radius 2 is 2.11 bits per heavy atom. The Morgan fingerprint density at radius 3 is 2.68 bits per heavy atom. The lowest BCUT2D eigenvalue weighted by Crippen LogP contribution is -2.56. The molecule has 2 N–H and O–H groups in total. The summed E-state index contributed by atoms with van der Waals surface area (Å²) in [5, 5.41) is 12.4. The highest BCUT2D eigenvalue weighted by Crippen LogP contribution is 2.44. The van der Waals surface area contributed by atoms with E-state index < -0.39 is 11.5 Å². The molecule has 3 aliphatic rings. The third kappa shape index (κ3) is 1.99. The summed E-state index contributed by atoms with van der Waals surface area (Å²) in [6.45, 7) is 2.21. The molecule has 0 aromatic rings. The normalized spacial score (nSPS) is 40.7. The topological polar surface area (TPSA) is 69.6 Å². The number of carbonyl (C=O) groups excluding carboxylic acids is 1. The Morgan fingerprint density at radius 1 is 1.32 bits per heavy atom. The number of rotatable bonds is 2. The summed E-state index contributed by atoms with van der Waals surface area (Å²) in [5.41, 5.74) is -1.03. The molecular weight excluding hydrogens is 244 g/mol. The molecule has 3 rings (SSSR count). The summed E-state index contributed by atoms with van der Waals surface area (Å²) in [6, 6.07) is 0.0878. The van der Waals surface area contributed by atoms with Crippen LogP contribution in [0, 0.1) is 11.8 Å². The first-order valence-electron chi connectivity index (χ1n) is 7.32. The first-order chi connectivity index (χ1) is 9.00. The van der Waals surface area contributed by atoms with Crippen LogP contribution in [0.5, 0.6) is 0 Å². The minimum atomic E-state index is -1.03. The van der Waals surface area contributed by atoms with Gasteiger partial charge in [0.25, 0.3) is 0 Å². The van der Waals surface area contributed by atoms with E-state index in [0.29, 0.717) is 18.9 Å². The minimum Gasteiger partial charge on any atom is -0.480 e. The zero-order valence-corrected chi connectivity index (χ0v) is 11.4. The van der Waals surface area contributed by atoms with E-state index in [4.69, 9.17) is 0 Å². The van der Waals surface area contributed by atoms with Gasteiger partial charge in [-0.2, -0.15) is 0 Å². The number of nitrogens with one attached hydrogen (secondary N) is 1. The predicted molar refractivity (Wildman–Crippen MR) is 69.7 cm³/mol. The van der Waals surface area contributed by atoms with Crippen molar-refractivity contribution >= 4 is 12.0 Å². The molecule has 0 radical (unpaired) electrons. The van der Waals surface area contributed by atoms with E-state index in [-0.39, 0.29) is 12.1 Å². The highest BCUT2D eigenvalue weighted by molar-refractivity contribution is 5.86. The molecule has 1 aliphatic heterocycles. The van der Waals surface area contributed by atoms with Crippen molar-refractivity contribution in [3.8, 4) is 0 Å². The number of carboxylic acid groups (broad SMARTS) is 1. The van der Waals surface area contributed by atoms with Crippen molar-refractivity contribution in [2.45, 2.75) is 57.0 Å². The van der Waals surface area contributed by atoms with Gasteiger partial charge in [0.05, 0.1) is 0 Å². The largest absolute Gasteiger partial charge is 0.480 e. The summed E-state index contributed by atoms with van der Waals surface area (Å²) in [6.07, 6.45) is 6.15. The summed E-state index contributed by atoms with van der Waals surface area (Å²) in [4.78, 5) is 25.2. The number of likely N-dealkylation sites (tertiary alicyclic amines) is 1. The maximum absolute atomic E-state index is 12.3. The van der Waals surface area contributed by atoms with E-state index in [0.717, 1.165) is 18.8 Å². The Labute approximate surface area is 113 Å². The molecule has 2 bridgehead atoms. The third-order valence-corrected chi connectivity index (χ3v) is 5.39. The van der Waals surface area contributed by atoms with Crippen molar-refractivity contribution in [1.29, 1.82) is 0 Å². The third-order valence-electron chi connectivity index (χ3n) is 5.39. The molecule has 5 heteroatoms. The van der Waals surface area contributed by atoms with Crippen LogP contribution in [0.25, 0.3) is 0 Å². The number of carbonyl (C=O) groups is 2. The summed E-state index contributed by atoms with van der Waals surface area (Å²) in [7, 11) is 0. The van der Waals surface area contributed by atoms with Gasteiger partial charge in [0, 0.05) is 12.6 Å². The molecule has 0 aromatic heterocycles. The van der Waals surface area contributed by atoms with Crippen molar-refractivity contribution in [3.05, 3.63) is 0 Å². The number of hydrogen-bond acceptors (Lipinski definition) is 2. The van der Waals surface area contributed by atoms with E-state index in [1.807, 2.05) is 0 Å². The molecule has 0 spiro atoms. The van der Waals surface area contributed by atoms with Crippen LogP contribution >= 0.6 is 0 Å². The number of hydrogen-bond donors (Lipinski definition) is 2. The molecule has 2 saturated carbocycles. The summed E-state index contributed by atoms with van der Waals surface area (Å²) >= 11 is 0. The van der Waals surface area contributed by atoms with Gasteiger partial charge in [-0.1, -0.05) is 6.42 Å².